The predicted molar refractivity (Wildman–Crippen MR) is 54.3 cm³/mol. The first-order valence-electron chi connectivity index (χ1n) is 4.12. The average Bonchev–Trinajstić information content (AvgIpc) is 2.21. The zero-order chi connectivity index (χ0) is 11.6. The van der Waals surface area contributed by atoms with Gasteiger partial charge in [0.25, 0.3) is 5.92 Å². The summed E-state index contributed by atoms with van der Waals surface area (Å²) in [6.45, 7) is -1.47. The standard InChI is InChI=1S/C9H10F3NO2.ClH/c10-6-3-1-2-5(7(6)15)8(13)9(11,12)4-14;/h1-3,8,14-15H,4,13H2;1H/t8-;/m0./s1. The van der Waals surface area contributed by atoms with Crippen molar-refractivity contribution >= 4 is 12.4 Å². The Labute approximate surface area is 96.1 Å². The van der Waals surface area contributed by atoms with Gasteiger partial charge >= 0.3 is 0 Å². The minimum Gasteiger partial charge on any atom is -0.505 e. The Hall–Kier alpha value is -0.980. The maximum absolute atomic E-state index is 12.9. The zero-order valence-corrected chi connectivity index (χ0v) is 8.85. The second-order valence-electron chi connectivity index (χ2n) is 3.07. The Morgan fingerprint density at radius 3 is 2.44 bits per heavy atom. The minimum absolute atomic E-state index is 0. The highest BCUT2D eigenvalue weighted by Crippen LogP contribution is 2.34. The van der Waals surface area contributed by atoms with Gasteiger partial charge in [-0.3, -0.25) is 0 Å². The molecule has 0 aliphatic heterocycles. The molecule has 92 valence electrons. The fourth-order valence-corrected chi connectivity index (χ4v) is 1.11. The van der Waals surface area contributed by atoms with Crippen LogP contribution in [-0.2, 0) is 0 Å². The fraction of sp³-hybridized carbons (Fsp3) is 0.333. The van der Waals surface area contributed by atoms with Gasteiger partial charge in [-0.2, -0.15) is 0 Å². The third-order valence-electron chi connectivity index (χ3n) is 2.02. The Bertz CT molecular complexity index is 363. The molecule has 0 saturated heterocycles. The minimum atomic E-state index is -3.61. The number of aliphatic hydroxyl groups is 1. The van der Waals surface area contributed by atoms with E-state index in [9.17, 15) is 13.2 Å². The lowest BCUT2D eigenvalue weighted by molar-refractivity contribution is -0.0716. The first kappa shape index (κ1) is 15.0. The number of hydrogen-bond donors (Lipinski definition) is 3. The Balaban J connectivity index is 0.00000225. The van der Waals surface area contributed by atoms with Crippen LogP contribution in [0.5, 0.6) is 5.75 Å². The highest BCUT2D eigenvalue weighted by molar-refractivity contribution is 5.85. The molecule has 16 heavy (non-hydrogen) atoms. The Morgan fingerprint density at radius 2 is 1.94 bits per heavy atom. The molecule has 0 aliphatic carbocycles. The zero-order valence-electron chi connectivity index (χ0n) is 8.03. The second kappa shape index (κ2) is 5.38. The number of alkyl halides is 2. The van der Waals surface area contributed by atoms with E-state index in [4.69, 9.17) is 15.9 Å². The van der Waals surface area contributed by atoms with Crippen LogP contribution < -0.4 is 5.73 Å². The lowest BCUT2D eigenvalue weighted by Gasteiger charge is -2.22. The summed E-state index contributed by atoms with van der Waals surface area (Å²) in [6.07, 6.45) is 0. The smallest absolute Gasteiger partial charge is 0.289 e. The quantitative estimate of drug-likeness (QED) is 0.770. The molecule has 3 nitrogen and oxygen atoms in total. The molecule has 0 aliphatic rings. The number of phenols is 1. The molecule has 1 atom stereocenters. The largest absolute Gasteiger partial charge is 0.505 e. The highest BCUT2D eigenvalue weighted by atomic mass is 35.5. The number of para-hydroxylation sites is 1. The first-order valence-corrected chi connectivity index (χ1v) is 4.12. The van der Waals surface area contributed by atoms with E-state index in [1.165, 1.54) is 0 Å². The number of rotatable bonds is 3. The third kappa shape index (κ3) is 2.78. The van der Waals surface area contributed by atoms with E-state index >= 15 is 0 Å². The van der Waals surface area contributed by atoms with E-state index in [1.807, 2.05) is 0 Å². The summed E-state index contributed by atoms with van der Waals surface area (Å²) in [5, 5.41) is 17.5. The molecule has 0 heterocycles. The molecule has 0 spiro atoms. The number of phenolic OH excluding ortho intramolecular Hbond substituents is 1. The molecule has 0 saturated carbocycles. The van der Waals surface area contributed by atoms with Gasteiger partial charge in [0.1, 0.15) is 12.6 Å². The van der Waals surface area contributed by atoms with Gasteiger partial charge in [0, 0.05) is 5.56 Å². The number of benzene rings is 1. The summed E-state index contributed by atoms with van der Waals surface area (Å²) in [6, 6.07) is 1.20. The van der Waals surface area contributed by atoms with Crippen molar-refractivity contribution in [2.75, 3.05) is 6.61 Å². The van der Waals surface area contributed by atoms with Crippen molar-refractivity contribution in [1.82, 2.24) is 0 Å². The van der Waals surface area contributed by atoms with Crippen LogP contribution in [0.3, 0.4) is 0 Å². The molecule has 0 aromatic heterocycles. The van der Waals surface area contributed by atoms with Crippen LogP contribution >= 0.6 is 12.4 Å². The van der Waals surface area contributed by atoms with Crippen LogP contribution in [-0.4, -0.2) is 22.7 Å². The Morgan fingerprint density at radius 1 is 1.38 bits per heavy atom. The van der Waals surface area contributed by atoms with Crippen LogP contribution in [0, 0.1) is 5.82 Å². The monoisotopic (exact) mass is 257 g/mol. The maximum Gasteiger partial charge on any atom is 0.289 e. The second-order valence-corrected chi connectivity index (χ2v) is 3.07. The molecule has 4 N–H and O–H groups in total. The van der Waals surface area contributed by atoms with Gasteiger partial charge < -0.3 is 15.9 Å². The number of hydrogen-bond acceptors (Lipinski definition) is 3. The van der Waals surface area contributed by atoms with E-state index in [1.54, 1.807) is 0 Å². The van der Waals surface area contributed by atoms with Crippen molar-refractivity contribution in [3.63, 3.8) is 0 Å². The van der Waals surface area contributed by atoms with Crippen LogP contribution in [0.2, 0.25) is 0 Å². The fourth-order valence-electron chi connectivity index (χ4n) is 1.11. The number of nitrogens with two attached hydrogens (primary N) is 1. The van der Waals surface area contributed by atoms with E-state index < -0.39 is 35.7 Å². The van der Waals surface area contributed by atoms with E-state index in [-0.39, 0.29) is 12.4 Å². The lowest BCUT2D eigenvalue weighted by atomic mass is 10.0. The van der Waals surface area contributed by atoms with Gasteiger partial charge in [-0.15, -0.1) is 12.4 Å². The number of halogens is 4. The van der Waals surface area contributed by atoms with Crippen LogP contribution in [0.1, 0.15) is 11.6 Å². The van der Waals surface area contributed by atoms with Crippen LogP contribution in [0.4, 0.5) is 13.2 Å². The van der Waals surface area contributed by atoms with Crippen molar-refractivity contribution in [2.24, 2.45) is 5.73 Å². The molecule has 7 heteroatoms. The lowest BCUT2D eigenvalue weighted by Crippen LogP contribution is -2.36. The van der Waals surface area contributed by atoms with Crippen LogP contribution in [0.15, 0.2) is 18.2 Å². The molecular formula is C9H11ClF3NO2. The number of aliphatic hydroxyl groups excluding tert-OH is 1. The van der Waals surface area contributed by atoms with E-state index in [0.717, 1.165) is 18.2 Å². The summed E-state index contributed by atoms with van der Waals surface area (Å²) in [7, 11) is 0. The van der Waals surface area contributed by atoms with Gasteiger partial charge in [0.2, 0.25) is 0 Å². The maximum atomic E-state index is 12.9. The first-order chi connectivity index (χ1) is 6.90. The molecule has 0 fully saturated rings. The molecular weight excluding hydrogens is 247 g/mol. The van der Waals surface area contributed by atoms with Gasteiger partial charge in [0.15, 0.2) is 11.6 Å². The summed E-state index contributed by atoms with van der Waals surface area (Å²) in [5.41, 5.74) is 4.68. The molecule has 1 aromatic rings. The molecule has 0 unspecified atom stereocenters. The summed E-state index contributed by atoms with van der Waals surface area (Å²) in [4.78, 5) is 0. The van der Waals surface area contributed by atoms with Crippen LogP contribution in [0.25, 0.3) is 0 Å². The average molecular weight is 258 g/mol. The van der Waals surface area contributed by atoms with Crippen molar-refractivity contribution in [3.8, 4) is 5.75 Å². The van der Waals surface area contributed by atoms with Crippen molar-refractivity contribution in [2.45, 2.75) is 12.0 Å². The van der Waals surface area contributed by atoms with Gasteiger partial charge in [-0.25, -0.2) is 13.2 Å². The van der Waals surface area contributed by atoms with E-state index in [0.29, 0.717) is 0 Å². The van der Waals surface area contributed by atoms with Crippen molar-refractivity contribution in [3.05, 3.63) is 29.6 Å². The molecule has 0 bridgehead atoms. The topological polar surface area (TPSA) is 66.5 Å². The van der Waals surface area contributed by atoms with E-state index in [2.05, 4.69) is 0 Å². The highest BCUT2D eigenvalue weighted by Gasteiger charge is 2.39. The van der Waals surface area contributed by atoms with Gasteiger partial charge in [-0.1, -0.05) is 12.1 Å². The van der Waals surface area contributed by atoms with Crippen molar-refractivity contribution < 1.29 is 23.4 Å². The summed E-state index contributed by atoms with van der Waals surface area (Å²) < 4.78 is 38.7. The summed E-state index contributed by atoms with van der Waals surface area (Å²) >= 11 is 0. The van der Waals surface area contributed by atoms with Crippen molar-refractivity contribution in [1.29, 1.82) is 0 Å². The summed E-state index contributed by atoms with van der Waals surface area (Å²) in [5.74, 6) is -5.56. The molecule has 1 rings (SSSR count). The van der Waals surface area contributed by atoms with Gasteiger partial charge in [0.05, 0.1) is 0 Å². The van der Waals surface area contributed by atoms with Gasteiger partial charge in [-0.05, 0) is 6.07 Å². The predicted octanol–water partition coefficient (Wildman–Crippen LogP) is 1.58. The molecule has 0 radical (unpaired) electrons. The number of aromatic hydroxyl groups is 1. The normalized spacial score (nSPS) is 13.1. The third-order valence-corrected chi connectivity index (χ3v) is 2.02. The SMILES string of the molecule is Cl.N[C@@H](c1cccc(F)c1O)C(F)(F)CO. The Kier molecular flexibility index (Phi) is 5.05. The molecule has 0 amide bonds. The molecule has 1 aromatic carbocycles.